The van der Waals surface area contributed by atoms with Crippen LogP contribution in [0.5, 0.6) is 0 Å². The maximum Gasteiger partial charge on any atom is 0.414 e. The number of ketones is 1. The molecule has 2 unspecified atom stereocenters. The van der Waals surface area contributed by atoms with Gasteiger partial charge in [0.25, 0.3) is 0 Å². The van der Waals surface area contributed by atoms with Crippen LogP contribution in [0.3, 0.4) is 0 Å². The van der Waals surface area contributed by atoms with E-state index in [2.05, 4.69) is 86.2 Å². The minimum atomic E-state index is -2.23. The number of benzene rings is 1. The molecule has 204 valence electrons. The SMILES string of the molecule is C=C[C@@H]1CC(=O)C([Si](C(C)C)(C(C)C)C(C)C)=CN1C(=O)OC1CCCCC1C(C)(C)c1ccccc1. The minimum absolute atomic E-state index is 0.113. The third-order valence-corrected chi connectivity index (χ3v) is 16.6. The lowest BCUT2D eigenvalue weighted by molar-refractivity contribution is -0.116. The van der Waals surface area contributed by atoms with Gasteiger partial charge in [-0.1, -0.05) is 98.2 Å². The van der Waals surface area contributed by atoms with Crippen LogP contribution in [0.15, 0.2) is 54.4 Å². The van der Waals surface area contributed by atoms with E-state index in [-0.39, 0.29) is 41.8 Å². The molecular formula is C32H49NO3Si. The number of hydrogen-bond acceptors (Lipinski definition) is 3. The number of nitrogens with zero attached hydrogens (tertiary/aromatic N) is 1. The van der Waals surface area contributed by atoms with E-state index in [1.807, 2.05) is 12.3 Å². The third kappa shape index (κ3) is 5.53. The number of allylic oxidation sites excluding steroid dienone is 1. The summed E-state index contributed by atoms with van der Waals surface area (Å²) in [6, 6.07) is 10.2. The van der Waals surface area contributed by atoms with Gasteiger partial charge in [0.2, 0.25) is 0 Å². The van der Waals surface area contributed by atoms with Crippen LogP contribution in [-0.4, -0.2) is 37.0 Å². The van der Waals surface area contributed by atoms with Crippen molar-refractivity contribution in [2.24, 2.45) is 5.92 Å². The highest BCUT2D eigenvalue weighted by Gasteiger charge is 2.51. The lowest BCUT2D eigenvalue weighted by Crippen LogP contribution is -2.54. The molecule has 5 heteroatoms. The normalized spacial score (nSPS) is 23.4. The largest absolute Gasteiger partial charge is 0.446 e. The van der Waals surface area contributed by atoms with Crippen molar-refractivity contribution in [2.45, 2.75) is 122 Å². The van der Waals surface area contributed by atoms with Gasteiger partial charge in [-0.15, -0.1) is 6.58 Å². The van der Waals surface area contributed by atoms with E-state index < -0.39 is 8.07 Å². The highest BCUT2D eigenvalue weighted by molar-refractivity contribution is 6.93. The Kier molecular flexibility index (Phi) is 9.31. The van der Waals surface area contributed by atoms with Crippen molar-refractivity contribution in [1.82, 2.24) is 4.90 Å². The molecule has 0 bridgehead atoms. The summed E-state index contributed by atoms with van der Waals surface area (Å²) in [5.74, 6) is 0.414. The molecule has 0 radical (unpaired) electrons. The molecule has 0 aromatic heterocycles. The predicted octanol–water partition coefficient (Wildman–Crippen LogP) is 8.59. The molecule has 37 heavy (non-hydrogen) atoms. The number of Topliss-reactive ketones (excluding diaryl/α,β-unsaturated/α-hetero) is 1. The Bertz CT molecular complexity index is 973. The number of rotatable bonds is 8. The molecular weight excluding hydrogens is 474 g/mol. The fourth-order valence-corrected chi connectivity index (χ4v) is 14.5. The van der Waals surface area contributed by atoms with Gasteiger partial charge in [0.05, 0.1) is 6.04 Å². The van der Waals surface area contributed by atoms with Crippen molar-refractivity contribution < 1.29 is 14.3 Å². The Morgan fingerprint density at radius 3 is 2.14 bits per heavy atom. The highest BCUT2D eigenvalue weighted by atomic mass is 28.3. The van der Waals surface area contributed by atoms with E-state index in [1.54, 1.807) is 11.0 Å². The van der Waals surface area contributed by atoms with Crippen LogP contribution in [0.25, 0.3) is 0 Å². The molecule has 4 nitrogen and oxygen atoms in total. The zero-order valence-electron chi connectivity index (χ0n) is 24.4. The molecule has 0 saturated heterocycles. The van der Waals surface area contributed by atoms with Crippen LogP contribution in [-0.2, 0) is 14.9 Å². The summed E-state index contributed by atoms with van der Waals surface area (Å²) < 4.78 is 6.36. The summed E-state index contributed by atoms with van der Waals surface area (Å²) in [5, 5.41) is 0.896. The Morgan fingerprint density at radius 2 is 1.59 bits per heavy atom. The maximum absolute atomic E-state index is 13.8. The molecule has 3 atom stereocenters. The molecule has 1 aromatic carbocycles. The molecule has 0 spiro atoms. The van der Waals surface area contributed by atoms with E-state index >= 15 is 0 Å². The van der Waals surface area contributed by atoms with E-state index in [1.165, 1.54) is 5.56 Å². The first-order valence-corrected chi connectivity index (χ1v) is 16.5. The number of carbonyl (C=O) groups is 2. The van der Waals surface area contributed by atoms with Crippen molar-refractivity contribution in [3.8, 4) is 0 Å². The molecule has 1 amide bonds. The summed E-state index contributed by atoms with van der Waals surface area (Å²) in [6.07, 6.45) is 7.52. The molecule has 1 fully saturated rings. The topological polar surface area (TPSA) is 46.6 Å². The minimum Gasteiger partial charge on any atom is -0.446 e. The lowest BCUT2D eigenvalue weighted by atomic mass is 9.66. The fraction of sp³-hybridized carbons (Fsp3) is 0.625. The zero-order chi connectivity index (χ0) is 27.5. The summed E-state index contributed by atoms with van der Waals surface area (Å²) in [6.45, 7) is 22.0. The van der Waals surface area contributed by atoms with Crippen LogP contribution in [0.1, 0.15) is 93.1 Å². The monoisotopic (exact) mass is 523 g/mol. The standard InChI is InChI=1S/C32H49NO3Si/c1-10-26-20-28(34)30(37(22(2)3,23(4)5)24(6)7)21-33(26)31(35)36-29-19-15-14-18-27(29)32(8,9)25-16-12-11-13-17-25/h10-13,16-17,21-24,26-27,29H,1,14-15,18-20H2,2-9H3/t26-,27?,29?/m1/s1. The molecule has 1 aromatic rings. The van der Waals surface area contributed by atoms with Crippen LogP contribution < -0.4 is 0 Å². The number of hydrogen-bond donors (Lipinski definition) is 0. The van der Waals surface area contributed by atoms with Crippen molar-refractivity contribution in [1.29, 1.82) is 0 Å². The smallest absolute Gasteiger partial charge is 0.414 e. The molecule has 1 aliphatic carbocycles. The Hall–Kier alpha value is -2.14. The van der Waals surface area contributed by atoms with Gasteiger partial charge in [-0.25, -0.2) is 4.79 Å². The first-order valence-electron chi connectivity index (χ1n) is 14.3. The fourth-order valence-electron chi connectivity index (χ4n) is 7.71. The van der Waals surface area contributed by atoms with Crippen LogP contribution in [0.4, 0.5) is 4.79 Å². The Morgan fingerprint density at radius 1 is 1.03 bits per heavy atom. The van der Waals surface area contributed by atoms with Crippen molar-refractivity contribution in [3.05, 3.63) is 59.9 Å². The van der Waals surface area contributed by atoms with Gasteiger partial charge in [0.15, 0.2) is 5.78 Å². The molecule has 1 aliphatic heterocycles. The maximum atomic E-state index is 13.8. The first kappa shape index (κ1) is 29.4. The third-order valence-electron chi connectivity index (χ3n) is 9.54. The molecule has 1 saturated carbocycles. The first-order chi connectivity index (χ1) is 17.4. The van der Waals surface area contributed by atoms with Crippen LogP contribution in [0.2, 0.25) is 16.6 Å². The number of ether oxygens (including phenoxy) is 1. The average molecular weight is 524 g/mol. The van der Waals surface area contributed by atoms with Gasteiger partial charge in [-0.2, -0.15) is 0 Å². The van der Waals surface area contributed by atoms with Gasteiger partial charge in [-0.05, 0) is 52.1 Å². The van der Waals surface area contributed by atoms with Crippen LogP contribution >= 0.6 is 0 Å². The van der Waals surface area contributed by atoms with E-state index in [0.717, 1.165) is 30.9 Å². The summed E-state index contributed by atoms with van der Waals surface area (Å²) in [4.78, 5) is 29.1. The van der Waals surface area contributed by atoms with E-state index in [0.29, 0.717) is 16.6 Å². The zero-order valence-corrected chi connectivity index (χ0v) is 25.4. The van der Waals surface area contributed by atoms with Gasteiger partial charge in [0.1, 0.15) is 14.2 Å². The van der Waals surface area contributed by atoms with E-state index in [9.17, 15) is 9.59 Å². The van der Waals surface area contributed by atoms with Gasteiger partial charge in [0, 0.05) is 18.5 Å². The molecule has 1 heterocycles. The molecule has 2 aliphatic rings. The van der Waals surface area contributed by atoms with Gasteiger partial charge in [-0.3, -0.25) is 9.69 Å². The second kappa shape index (κ2) is 11.7. The average Bonchev–Trinajstić information content (AvgIpc) is 2.85. The Labute approximate surface area is 226 Å². The number of carbonyl (C=O) groups excluding carboxylic acids is 2. The van der Waals surface area contributed by atoms with E-state index in [4.69, 9.17) is 4.74 Å². The predicted molar refractivity (Wildman–Crippen MR) is 156 cm³/mol. The van der Waals surface area contributed by atoms with Gasteiger partial charge >= 0.3 is 6.09 Å². The quantitative estimate of drug-likeness (QED) is 0.253. The highest BCUT2D eigenvalue weighted by Crippen LogP contribution is 2.48. The Balaban J connectivity index is 1.97. The second-order valence-electron chi connectivity index (χ2n) is 12.7. The summed E-state index contributed by atoms with van der Waals surface area (Å²) in [5.41, 5.74) is 2.32. The van der Waals surface area contributed by atoms with Crippen molar-refractivity contribution in [2.75, 3.05) is 0 Å². The second-order valence-corrected chi connectivity index (χ2v) is 18.5. The number of amides is 1. The summed E-state index contributed by atoms with van der Waals surface area (Å²) in [7, 11) is -2.23. The van der Waals surface area contributed by atoms with Crippen molar-refractivity contribution in [3.63, 3.8) is 0 Å². The lowest BCUT2D eigenvalue weighted by Gasteiger charge is -2.47. The molecule has 3 rings (SSSR count). The molecule has 0 N–H and O–H groups in total. The van der Waals surface area contributed by atoms with Crippen molar-refractivity contribution >= 4 is 20.0 Å². The van der Waals surface area contributed by atoms with Gasteiger partial charge < -0.3 is 4.74 Å². The summed E-state index contributed by atoms with van der Waals surface area (Å²) >= 11 is 0. The van der Waals surface area contributed by atoms with Crippen LogP contribution in [0, 0.1) is 5.92 Å².